The highest BCUT2D eigenvalue weighted by Crippen LogP contribution is 2.20. The molecule has 7 heteroatoms. The third-order valence-corrected chi connectivity index (χ3v) is 4.84. The van der Waals surface area contributed by atoms with Crippen LogP contribution in [0.1, 0.15) is 12.5 Å². The number of aliphatic carboxylic acids is 1. The van der Waals surface area contributed by atoms with Gasteiger partial charge >= 0.3 is 5.97 Å². The Labute approximate surface area is 119 Å². The van der Waals surface area contributed by atoms with Crippen LogP contribution in [0.25, 0.3) is 0 Å². The summed E-state index contributed by atoms with van der Waals surface area (Å²) in [7, 11) is -0.871. The molecule has 0 aliphatic heterocycles. The van der Waals surface area contributed by atoms with E-state index in [0.29, 0.717) is 5.56 Å². The minimum atomic E-state index is -3.73. The SMILES string of the molecule is COCc1ccccc1S(=O)(=O)N(C)CC(C)C(=O)O. The number of hydrogen-bond acceptors (Lipinski definition) is 4. The molecule has 0 aliphatic rings. The first-order valence-electron chi connectivity index (χ1n) is 6.06. The van der Waals surface area contributed by atoms with Gasteiger partial charge in [0.05, 0.1) is 17.4 Å². The summed E-state index contributed by atoms with van der Waals surface area (Å²) in [6, 6.07) is 6.52. The van der Waals surface area contributed by atoms with Crippen molar-refractivity contribution in [2.75, 3.05) is 20.7 Å². The number of nitrogens with zero attached hydrogens (tertiary/aromatic N) is 1. The molecule has 0 aliphatic carbocycles. The number of sulfonamides is 1. The fourth-order valence-corrected chi connectivity index (χ4v) is 3.22. The topological polar surface area (TPSA) is 83.9 Å². The Balaban J connectivity index is 3.07. The van der Waals surface area contributed by atoms with Crippen LogP contribution in [-0.2, 0) is 26.2 Å². The molecule has 112 valence electrons. The van der Waals surface area contributed by atoms with E-state index in [1.807, 2.05) is 0 Å². The van der Waals surface area contributed by atoms with Crippen molar-refractivity contribution in [1.82, 2.24) is 4.31 Å². The summed E-state index contributed by atoms with van der Waals surface area (Å²) in [5, 5.41) is 8.86. The van der Waals surface area contributed by atoms with Gasteiger partial charge in [0, 0.05) is 20.7 Å². The van der Waals surface area contributed by atoms with Crippen LogP contribution in [0.3, 0.4) is 0 Å². The van der Waals surface area contributed by atoms with Crippen molar-refractivity contribution in [2.45, 2.75) is 18.4 Å². The molecule has 1 unspecified atom stereocenters. The first-order chi connectivity index (χ1) is 9.30. The number of hydrogen-bond donors (Lipinski definition) is 1. The number of ether oxygens (including phenoxy) is 1. The van der Waals surface area contributed by atoms with E-state index in [2.05, 4.69) is 0 Å². The predicted octanol–water partition coefficient (Wildman–Crippen LogP) is 1.17. The zero-order valence-electron chi connectivity index (χ0n) is 11.7. The molecule has 0 saturated heterocycles. The number of rotatable bonds is 7. The average Bonchev–Trinajstić information content (AvgIpc) is 2.39. The van der Waals surface area contributed by atoms with Crippen LogP contribution in [0.4, 0.5) is 0 Å². The molecule has 0 amide bonds. The molecule has 1 aromatic rings. The zero-order valence-corrected chi connectivity index (χ0v) is 12.6. The highest BCUT2D eigenvalue weighted by Gasteiger charge is 2.26. The molecule has 1 aromatic carbocycles. The number of carbonyl (C=O) groups is 1. The highest BCUT2D eigenvalue weighted by molar-refractivity contribution is 7.89. The number of carboxylic acid groups (broad SMARTS) is 1. The van der Waals surface area contributed by atoms with Crippen molar-refractivity contribution in [3.63, 3.8) is 0 Å². The molecular weight excluding hydrogens is 282 g/mol. The molecule has 0 spiro atoms. The smallest absolute Gasteiger partial charge is 0.307 e. The van der Waals surface area contributed by atoms with E-state index in [4.69, 9.17) is 9.84 Å². The van der Waals surface area contributed by atoms with E-state index in [-0.39, 0.29) is 18.0 Å². The van der Waals surface area contributed by atoms with Gasteiger partial charge in [-0.1, -0.05) is 25.1 Å². The van der Waals surface area contributed by atoms with Crippen molar-refractivity contribution >= 4 is 16.0 Å². The molecule has 0 radical (unpaired) electrons. The van der Waals surface area contributed by atoms with Gasteiger partial charge in [-0.3, -0.25) is 4.79 Å². The lowest BCUT2D eigenvalue weighted by molar-refractivity contribution is -0.141. The summed E-state index contributed by atoms with van der Waals surface area (Å²) in [4.78, 5) is 11.0. The van der Waals surface area contributed by atoms with Crippen molar-refractivity contribution < 1.29 is 23.1 Å². The van der Waals surface area contributed by atoms with Crippen LogP contribution in [0.5, 0.6) is 0 Å². The van der Waals surface area contributed by atoms with Gasteiger partial charge in [0.25, 0.3) is 0 Å². The average molecular weight is 301 g/mol. The third-order valence-electron chi connectivity index (χ3n) is 2.91. The van der Waals surface area contributed by atoms with Gasteiger partial charge in [0.2, 0.25) is 10.0 Å². The molecule has 1 N–H and O–H groups in total. The monoisotopic (exact) mass is 301 g/mol. The van der Waals surface area contributed by atoms with E-state index in [1.54, 1.807) is 18.2 Å². The number of benzene rings is 1. The Morgan fingerprint density at radius 1 is 1.40 bits per heavy atom. The second-order valence-electron chi connectivity index (χ2n) is 4.57. The molecule has 6 nitrogen and oxygen atoms in total. The van der Waals surface area contributed by atoms with Crippen LogP contribution in [-0.4, -0.2) is 44.5 Å². The van der Waals surface area contributed by atoms with Gasteiger partial charge in [0.1, 0.15) is 0 Å². The molecular formula is C13H19NO5S. The molecule has 0 saturated carbocycles. The van der Waals surface area contributed by atoms with Gasteiger partial charge in [-0.2, -0.15) is 0 Å². The Morgan fingerprint density at radius 2 is 2.00 bits per heavy atom. The van der Waals surface area contributed by atoms with Crippen LogP contribution in [0, 0.1) is 5.92 Å². The first kappa shape index (κ1) is 16.6. The molecule has 0 aromatic heterocycles. The lowest BCUT2D eigenvalue weighted by Crippen LogP contribution is -2.34. The van der Waals surface area contributed by atoms with E-state index in [1.165, 1.54) is 27.1 Å². The number of methoxy groups -OCH3 is 1. The predicted molar refractivity (Wildman–Crippen MR) is 73.8 cm³/mol. The van der Waals surface area contributed by atoms with Crippen LogP contribution < -0.4 is 0 Å². The number of carboxylic acids is 1. The lowest BCUT2D eigenvalue weighted by Gasteiger charge is -2.20. The van der Waals surface area contributed by atoms with Gasteiger partial charge < -0.3 is 9.84 Å². The van der Waals surface area contributed by atoms with Crippen LogP contribution in [0.2, 0.25) is 0 Å². The quantitative estimate of drug-likeness (QED) is 0.817. The van der Waals surface area contributed by atoms with E-state index >= 15 is 0 Å². The highest BCUT2D eigenvalue weighted by atomic mass is 32.2. The molecule has 0 fully saturated rings. The molecule has 1 rings (SSSR count). The third kappa shape index (κ3) is 3.78. The Bertz CT molecular complexity index is 570. The maximum atomic E-state index is 12.5. The maximum absolute atomic E-state index is 12.5. The second-order valence-corrected chi connectivity index (χ2v) is 6.58. The van der Waals surface area contributed by atoms with Crippen LogP contribution in [0.15, 0.2) is 29.2 Å². The minimum absolute atomic E-state index is 0.0843. The first-order valence-corrected chi connectivity index (χ1v) is 7.50. The standard InChI is InChI=1S/C13H19NO5S/c1-10(13(15)16)8-14(2)20(17,18)12-7-5-4-6-11(12)9-19-3/h4-7,10H,8-9H2,1-3H3,(H,15,16). The fraction of sp³-hybridized carbons (Fsp3) is 0.462. The lowest BCUT2D eigenvalue weighted by atomic mass is 10.2. The maximum Gasteiger partial charge on any atom is 0.307 e. The van der Waals surface area contributed by atoms with Crippen LogP contribution >= 0.6 is 0 Å². The van der Waals surface area contributed by atoms with Gasteiger partial charge in [-0.05, 0) is 11.6 Å². The molecule has 0 bridgehead atoms. The van der Waals surface area contributed by atoms with Gasteiger partial charge in [-0.15, -0.1) is 0 Å². The molecule has 20 heavy (non-hydrogen) atoms. The van der Waals surface area contributed by atoms with Crippen molar-refractivity contribution in [2.24, 2.45) is 5.92 Å². The van der Waals surface area contributed by atoms with Crippen molar-refractivity contribution in [3.05, 3.63) is 29.8 Å². The Kier molecular flexibility index (Phi) is 5.67. The largest absolute Gasteiger partial charge is 0.481 e. The summed E-state index contributed by atoms with van der Waals surface area (Å²) in [6.45, 7) is 1.56. The van der Waals surface area contributed by atoms with E-state index in [9.17, 15) is 13.2 Å². The van der Waals surface area contributed by atoms with Gasteiger partial charge in [0.15, 0.2) is 0 Å². The summed E-state index contributed by atoms with van der Waals surface area (Å²) in [5.41, 5.74) is 0.546. The summed E-state index contributed by atoms with van der Waals surface area (Å²) in [6.07, 6.45) is 0. The van der Waals surface area contributed by atoms with E-state index in [0.717, 1.165) is 4.31 Å². The summed E-state index contributed by atoms with van der Waals surface area (Å²) in [5.74, 6) is -1.80. The summed E-state index contributed by atoms with van der Waals surface area (Å²) >= 11 is 0. The van der Waals surface area contributed by atoms with Crippen molar-refractivity contribution in [3.8, 4) is 0 Å². The zero-order chi connectivity index (χ0) is 15.3. The van der Waals surface area contributed by atoms with Gasteiger partial charge in [-0.25, -0.2) is 12.7 Å². The second kappa shape index (κ2) is 6.83. The van der Waals surface area contributed by atoms with Crippen molar-refractivity contribution in [1.29, 1.82) is 0 Å². The Morgan fingerprint density at radius 3 is 2.55 bits per heavy atom. The normalized spacial score (nSPS) is 13.4. The minimum Gasteiger partial charge on any atom is -0.481 e. The fourth-order valence-electron chi connectivity index (χ4n) is 1.76. The molecule has 0 heterocycles. The summed E-state index contributed by atoms with van der Waals surface area (Å²) < 4.78 is 31.0. The van der Waals surface area contributed by atoms with E-state index < -0.39 is 21.9 Å². The Hall–Kier alpha value is -1.44. The molecule has 1 atom stereocenters.